The normalized spacial score (nSPS) is 12.5. The van der Waals surface area contributed by atoms with Gasteiger partial charge in [-0.25, -0.2) is 8.42 Å². The second-order valence-corrected chi connectivity index (χ2v) is 8.16. The first-order chi connectivity index (χ1) is 7.72. The lowest BCUT2D eigenvalue weighted by molar-refractivity contribution is 0.560. The van der Waals surface area contributed by atoms with Gasteiger partial charge in [-0.15, -0.1) is 0 Å². The van der Waals surface area contributed by atoms with Gasteiger partial charge in [0, 0.05) is 17.3 Å². The summed E-state index contributed by atoms with van der Waals surface area (Å²) in [5, 5.41) is 3.73. The van der Waals surface area contributed by atoms with E-state index in [1.54, 1.807) is 32.9 Å². The van der Waals surface area contributed by atoms with E-state index in [-0.39, 0.29) is 5.75 Å². The second-order valence-electron chi connectivity index (χ2n) is 4.86. The van der Waals surface area contributed by atoms with Gasteiger partial charge in [0.1, 0.15) is 0 Å². The Morgan fingerprint density at radius 1 is 1.18 bits per heavy atom. The van der Waals surface area contributed by atoms with E-state index in [2.05, 4.69) is 5.32 Å². The Morgan fingerprint density at radius 2 is 1.71 bits per heavy atom. The minimum absolute atomic E-state index is 0.124. The summed E-state index contributed by atoms with van der Waals surface area (Å²) in [6.07, 6.45) is 0. The van der Waals surface area contributed by atoms with E-state index in [0.29, 0.717) is 11.6 Å². The molecule has 1 aromatic rings. The number of halogens is 1. The highest BCUT2D eigenvalue weighted by Gasteiger charge is 2.28. The largest absolute Gasteiger partial charge is 0.384 e. The molecule has 0 saturated heterocycles. The summed E-state index contributed by atoms with van der Waals surface area (Å²) in [6.45, 7) is 5.54. The summed E-state index contributed by atoms with van der Waals surface area (Å²) in [7, 11) is -3.06. The molecule has 0 radical (unpaired) electrons. The van der Waals surface area contributed by atoms with Gasteiger partial charge in [-0.05, 0) is 45.0 Å². The minimum Gasteiger partial charge on any atom is -0.384 e. The number of anilines is 1. The molecule has 1 N–H and O–H groups in total. The molecule has 96 valence electrons. The predicted octanol–water partition coefficient (Wildman–Crippen LogP) is 2.97. The van der Waals surface area contributed by atoms with Crippen LogP contribution in [0.25, 0.3) is 0 Å². The maximum absolute atomic E-state index is 11.8. The average molecular weight is 276 g/mol. The molecular weight excluding hydrogens is 258 g/mol. The van der Waals surface area contributed by atoms with E-state index < -0.39 is 14.6 Å². The molecule has 5 heteroatoms. The third-order valence-electron chi connectivity index (χ3n) is 2.48. The maximum atomic E-state index is 11.8. The molecule has 0 aliphatic heterocycles. The van der Waals surface area contributed by atoms with Gasteiger partial charge in [-0.2, -0.15) is 0 Å². The van der Waals surface area contributed by atoms with Crippen LogP contribution in [0, 0.1) is 0 Å². The van der Waals surface area contributed by atoms with E-state index in [9.17, 15) is 8.42 Å². The van der Waals surface area contributed by atoms with E-state index in [1.165, 1.54) is 0 Å². The molecule has 3 nitrogen and oxygen atoms in total. The molecular formula is C12H18ClNO2S. The summed E-state index contributed by atoms with van der Waals surface area (Å²) in [5.41, 5.74) is 0.874. The van der Waals surface area contributed by atoms with Crippen molar-refractivity contribution in [2.24, 2.45) is 0 Å². The van der Waals surface area contributed by atoms with Crippen LogP contribution in [0.3, 0.4) is 0 Å². The van der Waals surface area contributed by atoms with Crippen LogP contribution in [-0.4, -0.2) is 25.5 Å². The van der Waals surface area contributed by atoms with Crippen molar-refractivity contribution in [3.05, 3.63) is 29.3 Å². The average Bonchev–Trinajstić information content (AvgIpc) is 2.19. The van der Waals surface area contributed by atoms with Crippen molar-refractivity contribution in [2.75, 3.05) is 17.6 Å². The van der Waals surface area contributed by atoms with Gasteiger partial charge < -0.3 is 5.32 Å². The van der Waals surface area contributed by atoms with Gasteiger partial charge in [0.25, 0.3) is 0 Å². The Labute approximate surface area is 108 Å². The number of hydrogen-bond acceptors (Lipinski definition) is 3. The number of benzene rings is 1. The zero-order chi connectivity index (χ0) is 13.1. The maximum Gasteiger partial charge on any atom is 0.156 e. The van der Waals surface area contributed by atoms with E-state index in [4.69, 9.17) is 11.6 Å². The Balaban J connectivity index is 2.52. The fraction of sp³-hybridized carbons (Fsp3) is 0.500. The fourth-order valence-electron chi connectivity index (χ4n) is 1.20. The highest BCUT2D eigenvalue weighted by atomic mass is 35.5. The van der Waals surface area contributed by atoms with Gasteiger partial charge in [0.05, 0.1) is 10.5 Å². The van der Waals surface area contributed by atoms with Crippen molar-refractivity contribution in [1.29, 1.82) is 0 Å². The van der Waals surface area contributed by atoms with E-state index in [1.807, 2.05) is 12.1 Å². The Morgan fingerprint density at radius 3 is 2.18 bits per heavy atom. The van der Waals surface area contributed by atoms with Crippen LogP contribution in [0.2, 0.25) is 5.02 Å². The molecule has 0 heterocycles. The molecule has 17 heavy (non-hydrogen) atoms. The molecule has 0 aromatic heterocycles. The SMILES string of the molecule is CC(C)(C)S(=O)(=O)CCNc1ccc(Cl)cc1. The molecule has 0 atom stereocenters. The molecule has 0 saturated carbocycles. The van der Waals surface area contributed by atoms with Crippen molar-refractivity contribution >= 4 is 27.1 Å². The number of nitrogens with one attached hydrogen (secondary N) is 1. The van der Waals surface area contributed by atoms with Gasteiger partial charge in [-0.3, -0.25) is 0 Å². The van der Waals surface area contributed by atoms with Crippen LogP contribution in [-0.2, 0) is 9.84 Å². The summed E-state index contributed by atoms with van der Waals surface area (Å²) < 4.78 is 23.0. The van der Waals surface area contributed by atoms with Crippen LogP contribution < -0.4 is 5.32 Å². The first kappa shape index (κ1) is 14.3. The molecule has 0 fully saturated rings. The molecule has 0 aliphatic carbocycles. The van der Waals surface area contributed by atoms with E-state index in [0.717, 1.165) is 5.69 Å². The Kier molecular flexibility index (Phi) is 4.44. The molecule has 1 aromatic carbocycles. The molecule has 1 rings (SSSR count). The molecule has 0 amide bonds. The van der Waals surface area contributed by atoms with Crippen molar-refractivity contribution in [1.82, 2.24) is 0 Å². The van der Waals surface area contributed by atoms with Crippen molar-refractivity contribution in [3.63, 3.8) is 0 Å². The molecule has 0 bridgehead atoms. The molecule has 0 spiro atoms. The lowest BCUT2D eigenvalue weighted by Crippen LogP contribution is -2.32. The number of rotatable bonds is 4. The smallest absolute Gasteiger partial charge is 0.156 e. The lowest BCUT2D eigenvalue weighted by atomic mass is 10.3. The Bertz CT molecular complexity index is 460. The summed E-state index contributed by atoms with van der Waals surface area (Å²) in [6, 6.07) is 7.18. The van der Waals surface area contributed by atoms with Crippen LogP contribution in [0.5, 0.6) is 0 Å². The van der Waals surface area contributed by atoms with Gasteiger partial charge >= 0.3 is 0 Å². The highest BCUT2D eigenvalue weighted by molar-refractivity contribution is 7.92. The summed E-state index contributed by atoms with van der Waals surface area (Å²) >= 11 is 5.75. The Hall–Kier alpha value is -0.740. The number of hydrogen-bond donors (Lipinski definition) is 1. The summed E-state index contributed by atoms with van der Waals surface area (Å²) in [4.78, 5) is 0. The minimum atomic E-state index is -3.06. The first-order valence-electron chi connectivity index (χ1n) is 5.44. The second kappa shape index (κ2) is 5.27. The van der Waals surface area contributed by atoms with Crippen LogP contribution in [0.15, 0.2) is 24.3 Å². The van der Waals surface area contributed by atoms with Crippen LogP contribution in [0.4, 0.5) is 5.69 Å². The third kappa shape index (κ3) is 4.21. The molecule has 0 unspecified atom stereocenters. The van der Waals surface area contributed by atoms with Gasteiger partial charge in [0.2, 0.25) is 0 Å². The van der Waals surface area contributed by atoms with Crippen molar-refractivity contribution < 1.29 is 8.42 Å². The van der Waals surface area contributed by atoms with Gasteiger partial charge in [0.15, 0.2) is 9.84 Å². The van der Waals surface area contributed by atoms with E-state index >= 15 is 0 Å². The van der Waals surface area contributed by atoms with Crippen molar-refractivity contribution in [2.45, 2.75) is 25.5 Å². The topological polar surface area (TPSA) is 46.2 Å². The fourth-order valence-corrected chi connectivity index (χ4v) is 2.31. The quantitative estimate of drug-likeness (QED) is 0.919. The third-order valence-corrected chi connectivity index (χ3v) is 5.34. The number of sulfone groups is 1. The molecule has 0 aliphatic rings. The standard InChI is InChI=1S/C12H18ClNO2S/c1-12(2,3)17(15,16)9-8-14-11-6-4-10(13)5-7-11/h4-7,14H,8-9H2,1-3H3. The first-order valence-corrected chi connectivity index (χ1v) is 7.47. The summed E-state index contributed by atoms with van der Waals surface area (Å²) in [5.74, 6) is 0.124. The van der Waals surface area contributed by atoms with Crippen molar-refractivity contribution in [3.8, 4) is 0 Å². The monoisotopic (exact) mass is 275 g/mol. The predicted molar refractivity (Wildman–Crippen MR) is 73.5 cm³/mol. The zero-order valence-corrected chi connectivity index (χ0v) is 11.9. The zero-order valence-electron chi connectivity index (χ0n) is 10.3. The highest BCUT2D eigenvalue weighted by Crippen LogP contribution is 2.16. The lowest BCUT2D eigenvalue weighted by Gasteiger charge is -2.19. The van der Waals surface area contributed by atoms with Crippen LogP contribution >= 0.6 is 11.6 Å². The van der Waals surface area contributed by atoms with Gasteiger partial charge in [-0.1, -0.05) is 11.6 Å². The van der Waals surface area contributed by atoms with Crippen LogP contribution in [0.1, 0.15) is 20.8 Å².